The van der Waals surface area contributed by atoms with Gasteiger partial charge in [0.2, 0.25) is 5.16 Å². The topological polar surface area (TPSA) is 65.6 Å². The van der Waals surface area contributed by atoms with Gasteiger partial charge in [0.15, 0.2) is 5.78 Å². The normalized spacial score (nSPS) is 11.2. The fourth-order valence-electron chi connectivity index (χ4n) is 3.13. The Hall–Kier alpha value is -2.67. The third-order valence-corrected chi connectivity index (χ3v) is 5.68. The van der Waals surface area contributed by atoms with Crippen LogP contribution in [0, 0.1) is 13.8 Å². The van der Waals surface area contributed by atoms with Crippen molar-refractivity contribution < 1.29 is 4.79 Å². The Morgan fingerprint density at radius 2 is 1.96 bits per heavy atom. The SMILES string of the molecule is C=CCn1c(C)cc(C(=O)CSc2nnnn2-c2ccc(C(C)C)cc2)c1C. The maximum absolute atomic E-state index is 12.8. The first-order valence-electron chi connectivity index (χ1n) is 9.24. The van der Waals surface area contributed by atoms with E-state index in [1.807, 2.05) is 38.1 Å². The second-order valence-corrected chi connectivity index (χ2v) is 7.96. The highest BCUT2D eigenvalue weighted by atomic mass is 32.2. The van der Waals surface area contributed by atoms with Crippen molar-refractivity contribution in [3.63, 3.8) is 0 Å². The largest absolute Gasteiger partial charge is 0.345 e. The first-order valence-corrected chi connectivity index (χ1v) is 10.2. The number of allylic oxidation sites excluding steroid dienone is 1. The molecule has 0 saturated heterocycles. The number of carbonyl (C=O) groups is 1. The molecule has 0 aliphatic heterocycles. The number of thioether (sulfide) groups is 1. The number of tetrazole rings is 1. The molecule has 2 aromatic heterocycles. The minimum absolute atomic E-state index is 0.0677. The van der Waals surface area contributed by atoms with Gasteiger partial charge in [-0.3, -0.25) is 4.79 Å². The van der Waals surface area contributed by atoms with E-state index in [1.54, 1.807) is 4.68 Å². The molecule has 28 heavy (non-hydrogen) atoms. The van der Waals surface area contributed by atoms with Crippen molar-refractivity contribution in [3.05, 3.63) is 65.5 Å². The Labute approximate surface area is 169 Å². The standard InChI is InChI=1S/C21H25N5OS/c1-6-11-25-15(4)12-19(16(25)5)20(27)13-28-21-22-23-24-26(21)18-9-7-17(8-10-18)14(2)3/h6-10,12,14H,1,11,13H2,2-5H3. The summed E-state index contributed by atoms with van der Waals surface area (Å²) in [6.07, 6.45) is 1.84. The molecule has 0 saturated carbocycles. The number of carbonyl (C=O) groups excluding carboxylic acids is 1. The van der Waals surface area contributed by atoms with Gasteiger partial charge in [0.1, 0.15) is 0 Å². The van der Waals surface area contributed by atoms with Crippen LogP contribution >= 0.6 is 11.8 Å². The van der Waals surface area contributed by atoms with Gasteiger partial charge in [0.25, 0.3) is 0 Å². The molecule has 2 heterocycles. The predicted octanol–water partition coefficient (Wildman–Crippen LogP) is 4.37. The monoisotopic (exact) mass is 395 g/mol. The van der Waals surface area contributed by atoms with Gasteiger partial charge >= 0.3 is 0 Å². The lowest BCUT2D eigenvalue weighted by molar-refractivity contribution is 0.102. The maximum Gasteiger partial charge on any atom is 0.214 e. The van der Waals surface area contributed by atoms with Crippen LogP contribution in [0.3, 0.4) is 0 Å². The number of ketones is 1. The summed E-state index contributed by atoms with van der Waals surface area (Å²) in [7, 11) is 0. The zero-order chi connectivity index (χ0) is 20.3. The minimum atomic E-state index is 0.0677. The summed E-state index contributed by atoms with van der Waals surface area (Å²) in [5.74, 6) is 0.815. The van der Waals surface area contributed by atoms with Crippen molar-refractivity contribution in [1.82, 2.24) is 24.8 Å². The molecular formula is C21H25N5OS. The van der Waals surface area contributed by atoms with Crippen LogP contribution in [0.2, 0.25) is 0 Å². The van der Waals surface area contributed by atoms with E-state index < -0.39 is 0 Å². The van der Waals surface area contributed by atoms with Crippen molar-refractivity contribution >= 4 is 17.5 Å². The summed E-state index contributed by atoms with van der Waals surface area (Å²) in [4.78, 5) is 12.8. The second-order valence-electron chi connectivity index (χ2n) is 7.02. The lowest BCUT2D eigenvalue weighted by Crippen LogP contribution is -2.07. The molecule has 3 aromatic rings. The second kappa shape index (κ2) is 8.56. The summed E-state index contributed by atoms with van der Waals surface area (Å²) in [6.45, 7) is 12.8. The van der Waals surface area contributed by atoms with E-state index in [2.05, 4.69) is 52.7 Å². The molecule has 0 unspecified atom stereocenters. The summed E-state index contributed by atoms with van der Waals surface area (Å²) in [6, 6.07) is 10.1. The van der Waals surface area contributed by atoms with Gasteiger partial charge < -0.3 is 4.57 Å². The molecule has 0 atom stereocenters. The van der Waals surface area contributed by atoms with E-state index in [1.165, 1.54) is 17.3 Å². The van der Waals surface area contributed by atoms with Crippen LogP contribution in [0.1, 0.15) is 47.1 Å². The number of aryl methyl sites for hydroxylation is 1. The quantitative estimate of drug-likeness (QED) is 0.322. The Morgan fingerprint density at radius 1 is 1.25 bits per heavy atom. The average molecular weight is 396 g/mol. The van der Waals surface area contributed by atoms with Gasteiger partial charge in [0, 0.05) is 23.5 Å². The van der Waals surface area contributed by atoms with E-state index in [9.17, 15) is 4.79 Å². The molecule has 0 radical (unpaired) electrons. The van der Waals surface area contributed by atoms with Gasteiger partial charge in [0.05, 0.1) is 11.4 Å². The fraction of sp³-hybridized carbons (Fsp3) is 0.333. The summed E-state index contributed by atoms with van der Waals surface area (Å²) < 4.78 is 3.76. The number of hydrogen-bond acceptors (Lipinski definition) is 5. The van der Waals surface area contributed by atoms with E-state index in [0.29, 0.717) is 17.6 Å². The average Bonchev–Trinajstić information content (AvgIpc) is 3.26. The molecule has 0 bridgehead atoms. The molecule has 1 aromatic carbocycles. The van der Waals surface area contributed by atoms with Gasteiger partial charge in [-0.1, -0.05) is 43.8 Å². The van der Waals surface area contributed by atoms with Crippen LogP contribution < -0.4 is 0 Å². The van der Waals surface area contributed by atoms with E-state index in [0.717, 1.165) is 22.6 Å². The highest BCUT2D eigenvalue weighted by molar-refractivity contribution is 7.99. The number of aromatic nitrogens is 5. The lowest BCUT2D eigenvalue weighted by atomic mass is 10.0. The molecule has 0 N–H and O–H groups in total. The predicted molar refractivity (Wildman–Crippen MR) is 112 cm³/mol. The van der Waals surface area contributed by atoms with Crippen LogP contribution in [-0.2, 0) is 6.54 Å². The first kappa shape index (κ1) is 20.1. The van der Waals surface area contributed by atoms with Crippen LogP contribution in [0.4, 0.5) is 0 Å². The third kappa shape index (κ3) is 4.09. The van der Waals surface area contributed by atoms with Crippen LogP contribution in [0.15, 0.2) is 48.1 Å². The van der Waals surface area contributed by atoms with Gasteiger partial charge in [-0.15, -0.1) is 11.7 Å². The molecule has 3 rings (SSSR count). The summed E-state index contributed by atoms with van der Waals surface area (Å²) >= 11 is 1.35. The first-order chi connectivity index (χ1) is 13.4. The molecule has 6 nitrogen and oxygen atoms in total. The molecule has 0 fully saturated rings. The molecule has 0 aliphatic rings. The minimum Gasteiger partial charge on any atom is -0.345 e. The highest BCUT2D eigenvalue weighted by Crippen LogP contribution is 2.23. The fourth-order valence-corrected chi connectivity index (χ4v) is 3.91. The van der Waals surface area contributed by atoms with Crippen molar-refractivity contribution in [3.8, 4) is 5.69 Å². The van der Waals surface area contributed by atoms with Crippen molar-refractivity contribution in [2.45, 2.75) is 45.3 Å². The van der Waals surface area contributed by atoms with E-state index in [-0.39, 0.29) is 11.5 Å². The van der Waals surface area contributed by atoms with Crippen LogP contribution in [0.25, 0.3) is 5.69 Å². The number of Topliss-reactive ketones (excluding diaryl/α,β-unsaturated/α-hetero) is 1. The Morgan fingerprint density at radius 3 is 2.61 bits per heavy atom. The van der Waals surface area contributed by atoms with E-state index >= 15 is 0 Å². The van der Waals surface area contributed by atoms with Gasteiger partial charge in [-0.05, 0) is 54.0 Å². The smallest absolute Gasteiger partial charge is 0.214 e. The summed E-state index contributed by atoms with van der Waals surface area (Å²) in [5, 5.41) is 12.5. The Balaban J connectivity index is 1.74. The lowest BCUT2D eigenvalue weighted by Gasteiger charge is -2.08. The Kier molecular flexibility index (Phi) is 6.14. The number of hydrogen-bond donors (Lipinski definition) is 0. The molecule has 0 aliphatic carbocycles. The molecule has 7 heteroatoms. The van der Waals surface area contributed by atoms with Crippen molar-refractivity contribution in [2.24, 2.45) is 0 Å². The zero-order valence-corrected chi connectivity index (χ0v) is 17.5. The number of benzene rings is 1. The zero-order valence-electron chi connectivity index (χ0n) is 16.7. The molecular weight excluding hydrogens is 370 g/mol. The number of nitrogens with zero attached hydrogens (tertiary/aromatic N) is 5. The van der Waals surface area contributed by atoms with Crippen LogP contribution in [-0.4, -0.2) is 36.3 Å². The van der Waals surface area contributed by atoms with Gasteiger partial charge in [-0.2, -0.15) is 4.68 Å². The Bertz CT molecular complexity index is 985. The van der Waals surface area contributed by atoms with Crippen LogP contribution in [0.5, 0.6) is 0 Å². The van der Waals surface area contributed by atoms with Crippen molar-refractivity contribution in [2.75, 3.05) is 5.75 Å². The van der Waals surface area contributed by atoms with E-state index in [4.69, 9.17) is 0 Å². The molecule has 146 valence electrons. The molecule has 0 amide bonds. The highest BCUT2D eigenvalue weighted by Gasteiger charge is 2.17. The molecule has 0 spiro atoms. The number of rotatable bonds is 8. The van der Waals surface area contributed by atoms with Gasteiger partial charge in [-0.25, -0.2) is 0 Å². The third-order valence-electron chi connectivity index (χ3n) is 4.76. The maximum atomic E-state index is 12.8. The summed E-state index contributed by atoms with van der Waals surface area (Å²) in [5.41, 5.74) is 4.91. The van der Waals surface area contributed by atoms with Crippen molar-refractivity contribution in [1.29, 1.82) is 0 Å².